The highest BCUT2D eigenvalue weighted by molar-refractivity contribution is 7.89. The SMILES string of the molecule is CCCNCC(C)CN1CCCS1(=O)=O. The number of nitrogens with one attached hydrogen (secondary N) is 1. The van der Waals surface area contributed by atoms with E-state index in [1.54, 1.807) is 4.31 Å². The standard InChI is InChI=1S/C10H22N2O2S/c1-3-5-11-8-10(2)9-12-6-4-7-15(12,13)14/h10-11H,3-9H2,1-2H3. The van der Waals surface area contributed by atoms with Crippen molar-refractivity contribution in [3.05, 3.63) is 0 Å². The minimum atomic E-state index is -2.91. The van der Waals surface area contributed by atoms with Crippen LogP contribution in [0.4, 0.5) is 0 Å². The van der Waals surface area contributed by atoms with E-state index in [2.05, 4.69) is 19.2 Å². The van der Waals surface area contributed by atoms with Crippen LogP contribution in [0.5, 0.6) is 0 Å². The van der Waals surface area contributed by atoms with Crippen LogP contribution in [0.1, 0.15) is 26.7 Å². The first-order valence-corrected chi connectivity index (χ1v) is 7.35. The third-order valence-corrected chi connectivity index (χ3v) is 4.56. The van der Waals surface area contributed by atoms with Crippen LogP contribution in [0, 0.1) is 5.92 Å². The Morgan fingerprint density at radius 3 is 2.73 bits per heavy atom. The summed E-state index contributed by atoms with van der Waals surface area (Å²) < 4.78 is 24.7. The van der Waals surface area contributed by atoms with Crippen LogP contribution in [0.3, 0.4) is 0 Å². The Kier molecular flexibility index (Phi) is 5.02. The lowest BCUT2D eigenvalue weighted by Crippen LogP contribution is -2.34. The molecule has 1 fully saturated rings. The van der Waals surface area contributed by atoms with Gasteiger partial charge in [-0.05, 0) is 31.8 Å². The van der Waals surface area contributed by atoms with E-state index in [4.69, 9.17) is 0 Å². The van der Waals surface area contributed by atoms with Crippen LogP contribution in [0.2, 0.25) is 0 Å². The molecule has 5 heteroatoms. The molecule has 0 aliphatic carbocycles. The lowest BCUT2D eigenvalue weighted by molar-refractivity contribution is 0.365. The van der Waals surface area contributed by atoms with Crippen molar-refractivity contribution < 1.29 is 8.42 Å². The molecule has 1 rings (SSSR count). The van der Waals surface area contributed by atoms with Gasteiger partial charge in [0.05, 0.1) is 5.75 Å². The topological polar surface area (TPSA) is 49.4 Å². The zero-order valence-corrected chi connectivity index (χ0v) is 10.5. The second kappa shape index (κ2) is 5.82. The maximum Gasteiger partial charge on any atom is 0.214 e. The molecule has 0 amide bonds. The molecule has 4 nitrogen and oxygen atoms in total. The van der Waals surface area contributed by atoms with Crippen molar-refractivity contribution in [1.82, 2.24) is 9.62 Å². The van der Waals surface area contributed by atoms with E-state index < -0.39 is 10.0 Å². The van der Waals surface area contributed by atoms with E-state index in [-0.39, 0.29) is 0 Å². The first kappa shape index (κ1) is 12.9. The molecule has 1 atom stereocenters. The summed E-state index contributed by atoms with van der Waals surface area (Å²) in [7, 11) is -2.91. The minimum absolute atomic E-state index is 0.335. The van der Waals surface area contributed by atoms with E-state index in [1.807, 2.05) is 0 Å². The quantitative estimate of drug-likeness (QED) is 0.687. The van der Waals surface area contributed by atoms with Crippen molar-refractivity contribution in [3.8, 4) is 0 Å². The van der Waals surface area contributed by atoms with Crippen LogP contribution in [0.15, 0.2) is 0 Å². The first-order chi connectivity index (χ1) is 7.06. The fourth-order valence-electron chi connectivity index (χ4n) is 1.83. The summed E-state index contributed by atoms with van der Waals surface area (Å²) in [5.74, 6) is 0.728. The Morgan fingerprint density at radius 2 is 2.20 bits per heavy atom. The Bertz CT molecular complexity index is 277. The fourth-order valence-corrected chi connectivity index (χ4v) is 3.47. The van der Waals surface area contributed by atoms with Crippen LogP contribution in [0.25, 0.3) is 0 Å². The number of sulfonamides is 1. The van der Waals surface area contributed by atoms with Gasteiger partial charge in [0, 0.05) is 13.1 Å². The van der Waals surface area contributed by atoms with Gasteiger partial charge < -0.3 is 5.32 Å². The van der Waals surface area contributed by atoms with Gasteiger partial charge in [-0.15, -0.1) is 0 Å². The van der Waals surface area contributed by atoms with Gasteiger partial charge in [0.15, 0.2) is 0 Å². The predicted octanol–water partition coefficient (Wildman–Crippen LogP) is 0.658. The van der Waals surface area contributed by atoms with Crippen LogP contribution in [-0.4, -0.2) is 44.7 Å². The summed E-state index contributed by atoms with van der Waals surface area (Å²) in [5, 5.41) is 3.31. The predicted molar refractivity (Wildman–Crippen MR) is 62.3 cm³/mol. The van der Waals surface area contributed by atoms with Crippen LogP contribution < -0.4 is 5.32 Å². The molecule has 0 bridgehead atoms. The lowest BCUT2D eigenvalue weighted by atomic mass is 10.2. The zero-order chi connectivity index (χ0) is 11.3. The molecule has 1 aliphatic heterocycles. The van der Waals surface area contributed by atoms with E-state index in [0.717, 1.165) is 25.9 Å². The van der Waals surface area contributed by atoms with Gasteiger partial charge >= 0.3 is 0 Å². The summed E-state index contributed by atoms with van der Waals surface area (Å²) in [6.45, 7) is 7.51. The van der Waals surface area contributed by atoms with Crippen molar-refractivity contribution in [1.29, 1.82) is 0 Å². The van der Waals surface area contributed by atoms with Gasteiger partial charge in [-0.1, -0.05) is 13.8 Å². The molecule has 0 radical (unpaired) electrons. The summed E-state index contributed by atoms with van der Waals surface area (Å²) >= 11 is 0. The van der Waals surface area contributed by atoms with Crippen molar-refractivity contribution in [2.75, 3.05) is 31.9 Å². The van der Waals surface area contributed by atoms with E-state index in [9.17, 15) is 8.42 Å². The molecule has 1 aliphatic rings. The Labute approximate surface area is 93.1 Å². The Morgan fingerprint density at radius 1 is 1.47 bits per heavy atom. The highest BCUT2D eigenvalue weighted by Crippen LogP contribution is 2.14. The average Bonchev–Trinajstić information content (AvgIpc) is 2.46. The van der Waals surface area contributed by atoms with Crippen molar-refractivity contribution in [2.45, 2.75) is 26.7 Å². The average molecular weight is 234 g/mol. The second-order valence-corrected chi connectivity index (χ2v) is 6.43. The number of nitrogens with zero attached hydrogens (tertiary/aromatic N) is 1. The molecule has 1 heterocycles. The number of hydrogen-bond acceptors (Lipinski definition) is 3. The summed E-state index contributed by atoms with van der Waals surface area (Å²) in [4.78, 5) is 0. The summed E-state index contributed by atoms with van der Waals surface area (Å²) in [5.41, 5.74) is 0. The van der Waals surface area contributed by atoms with Gasteiger partial charge in [0.2, 0.25) is 10.0 Å². The lowest BCUT2D eigenvalue weighted by Gasteiger charge is -2.19. The molecular formula is C10H22N2O2S. The molecule has 90 valence electrons. The maximum absolute atomic E-state index is 11.5. The molecule has 1 unspecified atom stereocenters. The molecule has 0 spiro atoms. The van der Waals surface area contributed by atoms with Gasteiger partial charge in [0.1, 0.15) is 0 Å². The molecular weight excluding hydrogens is 212 g/mol. The summed E-state index contributed by atoms with van der Waals surface area (Å²) in [6, 6.07) is 0. The molecule has 1 saturated heterocycles. The van der Waals surface area contributed by atoms with E-state index >= 15 is 0 Å². The normalized spacial score (nSPS) is 23.1. The minimum Gasteiger partial charge on any atom is -0.316 e. The third-order valence-electron chi connectivity index (χ3n) is 2.64. The van der Waals surface area contributed by atoms with Crippen LogP contribution in [-0.2, 0) is 10.0 Å². The van der Waals surface area contributed by atoms with Gasteiger partial charge in [0.25, 0.3) is 0 Å². The Balaban J connectivity index is 2.28. The molecule has 0 aromatic heterocycles. The molecule has 0 saturated carbocycles. The molecule has 15 heavy (non-hydrogen) atoms. The van der Waals surface area contributed by atoms with Gasteiger partial charge in [-0.3, -0.25) is 0 Å². The van der Waals surface area contributed by atoms with Crippen molar-refractivity contribution in [2.24, 2.45) is 5.92 Å². The zero-order valence-electron chi connectivity index (χ0n) is 9.70. The van der Waals surface area contributed by atoms with Crippen molar-refractivity contribution >= 4 is 10.0 Å². The molecule has 1 N–H and O–H groups in total. The maximum atomic E-state index is 11.5. The first-order valence-electron chi connectivity index (χ1n) is 5.75. The third kappa shape index (κ3) is 4.09. The van der Waals surface area contributed by atoms with Gasteiger partial charge in [-0.25, -0.2) is 12.7 Å². The van der Waals surface area contributed by atoms with E-state index in [0.29, 0.717) is 24.8 Å². The fraction of sp³-hybridized carbons (Fsp3) is 1.00. The largest absolute Gasteiger partial charge is 0.316 e. The van der Waals surface area contributed by atoms with Crippen molar-refractivity contribution in [3.63, 3.8) is 0 Å². The highest BCUT2D eigenvalue weighted by Gasteiger charge is 2.28. The molecule has 0 aromatic rings. The number of hydrogen-bond donors (Lipinski definition) is 1. The monoisotopic (exact) mass is 234 g/mol. The van der Waals surface area contributed by atoms with Gasteiger partial charge in [-0.2, -0.15) is 0 Å². The second-order valence-electron chi connectivity index (χ2n) is 4.34. The summed E-state index contributed by atoms with van der Waals surface area (Å²) in [6.07, 6.45) is 1.91. The highest BCUT2D eigenvalue weighted by atomic mass is 32.2. The number of rotatable bonds is 6. The van der Waals surface area contributed by atoms with E-state index in [1.165, 1.54) is 0 Å². The Hall–Kier alpha value is -0.130. The molecule has 0 aromatic carbocycles. The smallest absolute Gasteiger partial charge is 0.214 e. The van der Waals surface area contributed by atoms with Crippen LogP contribution >= 0.6 is 0 Å².